The summed E-state index contributed by atoms with van der Waals surface area (Å²) in [6.07, 6.45) is 8.00. The second-order valence-corrected chi connectivity index (χ2v) is 8.10. The first-order valence-electron chi connectivity index (χ1n) is 11.2. The van der Waals surface area contributed by atoms with E-state index in [-0.39, 0.29) is 6.61 Å². The van der Waals surface area contributed by atoms with Crippen LogP contribution in [-0.4, -0.2) is 27.0 Å². The summed E-state index contributed by atoms with van der Waals surface area (Å²) in [5.74, 6) is 1.29. The first kappa shape index (κ1) is 21.8. The lowest BCUT2D eigenvalue weighted by Gasteiger charge is -2.21. The van der Waals surface area contributed by atoms with E-state index < -0.39 is 5.76 Å². The highest BCUT2D eigenvalue weighted by Crippen LogP contribution is 2.26. The zero-order valence-corrected chi connectivity index (χ0v) is 18.4. The second-order valence-electron chi connectivity index (χ2n) is 8.10. The molecule has 1 N–H and O–H groups in total. The molecule has 2 heterocycles. The van der Waals surface area contributed by atoms with Crippen LogP contribution in [0.25, 0.3) is 0 Å². The first-order chi connectivity index (χ1) is 15.7. The van der Waals surface area contributed by atoms with Crippen LogP contribution in [0.4, 0.5) is 5.82 Å². The Morgan fingerprint density at radius 2 is 1.94 bits per heavy atom. The van der Waals surface area contributed by atoms with Crippen molar-refractivity contribution in [3.05, 3.63) is 76.2 Å². The van der Waals surface area contributed by atoms with Gasteiger partial charge in [-0.3, -0.25) is 0 Å². The fraction of sp³-hybridized carbons (Fsp3) is 0.417. The summed E-state index contributed by atoms with van der Waals surface area (Å²) >= 11 is 0. The first-order valence-corrected chi connectivity index (χ1v) is 11.2. The quantitative estimate of drug-likeness (QED) is 0.401. The molecule has 1 aromatic carbocycles. The summed E-state index contributed by atoms with van der Waals surface area (Å²) in [6, 6.07) is 15.2. The molecule has 168 valence electrons. The number of nitrogens with one attached hydrogen (secondary N) is 1. The number of hydrogen-bond donors (Lipinski definition) is 1. The normalized spacial score (nSPS) is 15.0. The largest absolute Gasteiger partial charge is 0.460 e. The van der Waals surface area contributed by atoms with Gasteiger partial charge in [-0.15, -0.1) is 0 Å². The van der Waals surface area contributed by atoms with Crippen molar-refractivity contribution in [2.24, 2.45) is 18.1 Å². The highest BCUT2D eigenvalue weighted by atomic mass is 16.6. The van der Waals surface area contributed by atoms with E-state index in [1.807, 2.05) is 48.5 Å². The number of hydrogen-bond acceptors (Lipinski definition) is 7. The van der Waals surface area contributed by atoms with E-state index in [0.717, 1.165) is 29.5 Å². The lowest BCUT2D eigenvalue weighted by Crippen LogP contribution is -2.13. The third kappa shape index (κ3) is 5.84. The molecule has 4 rings (SSSR count). The van der Waals surface area contributed by atoms with Crippen LogP contribution >= 0.6 is 0 Å². The standard InChI is InChI=1S/C24H29N5O3/c1-29-23(27-24(30)32-29)22(19-11-6-3-7-12-19)28-31-17-20-13-8-14-21(26-20)25-16-15-18-9-4-2-5-10-18/h3,6-8,11-14,18H,2,4-5,9-10,15-17H2,1H3,(H,25,26)/b28-22-. The van der Waals surface area contributed by atoms with E-state index in [4.69, 9.17) is 9.36 Å². The second kappa shape index (κ2) is 10.7. The third-order valence-electron chi connectivity index (χ3n) is 5.73. The van der Waals surface area contributed by atoms with Crippen LogP contribution in [0.15, 0.2) is 63.0 Å². The van der Waals surface area contributed by atoms with E-state index in [9.17, 15) is 4.79 Å². The minimum Gasteiger partial charge on any atom is -0.389 e. The molecule has 0 spiro atoms. The minimum atomic E-state index is -0.681. The molecule has 8 nitrogen and oxygen atoms in total. The maximum atomic E-state index is 11.6. The van der Waals surface area contributed by atoms with Gasteiger partial charge in [-0.1, -0.05) is 73.7 Å². The Kier molecular flexibility index (Phi) is 7.32. The Bertz CT molecular complexity index is 1080. The SMILES string of the molecule is Cn1oc(=O)nc1/C(=N\OCc1cccc(NCCC2CCCCC2)n1)c1ccccc1. The molecular weight excluding hydrogens is 406 g/mol. The molecule has 0 amide bonds. The summed E-state index contributed by atoms with van der Waals surface area (Å²) < 4.78 is 6.26. The fourth-order valence-corrected chi connectivity index (χ4v) is 4.06. The van der Waals surface area contributed by atoms with Crippen LogP contribution < -0.4 is 11.1 Å². The molecule has 1 aliphatic carbocycles. The molecular formula is C24H29N5O3. The van der Waals surface area contributed by atoms with Crippen molar-refractivity contribution in [2.75, 3.05) is 11.9 Å². The summed E-state index contributed by atoms with van der Waals surface area (Å²) in [6.45, 7) is 1.12. The summed E-state index contributed by atoms with van der Waals surface area (Å²) in [4.78, 5) is 25.7. The van der Waals surface area contributed by atoms with E-state index in [2.05, 4.69) is 20.4 Å². The van der Waals surface area contributed by atoms with Crippen molar-refractivity contribution in [3.63, 3.8) is 0 Å². The summed E-state index contributed by atoms with van der Waals surface area (Å²) in [5, 5.41) is 7.69. The third-order valence-corrected chi connectivity index (χ3v) is 5.73. The van der Waals surface area contributed by atoms with Crippen LogP contribution in [0.2, 0.25) is 0 Å². The number of aryl methyl sites for hydroxylation is 1. The Hall–Kier alpha value is -3.42. The van der Waals surface area contributed by atoms with E-state index in [0.29, 0.717) is 11.5 Å². The van der Waals surface area contributed by atoms with Crippen molar-refractivity contribution in [2.45, 2.75) is 45.1 Å². The predicted octanol–water partition coefficient (Wildman–Crippen LogP) is 4.12. The highest BCUT2D eigenvalue weighted by Gasteiger charge is 2.16. The van der Waals surface area contributed by atoms with Crippen LogP contribution in [0.1, 0.15) is 55.6 Å². The monoisotopic (exact) mass is 435 g/mol. The van der Waals surface area contributed by atoms with E-state index in [1.165, 1.54) is 43.3 Å². The number of rotatable bonds is 9. The smallest absolute Gasteiger partial charge is 0.389 e. The highest BCUT2D eigenvalue weighted by molar-refractivity contribution is 6.10. The molecule has 1 aliphatic rings. The number of anilines is 1. The van der Waals surface area contributed by atoms with Crippen LogP contribution in [0.3, 0.4) is 0 Å². The van der Waals surface area contributed by atoms with Crippen molar-refractivity contribution in [1.82, 2.24) is 14.7 Å². The Balaban J connectivity index is 1.39. The van der Waals surface area contributed by atoms with Gasteiger partial charge in [0.25, 0.3) is 0 Å². The van der Waals surface area contributed by atoms with Crippen molar-refractivity contribution >= 4 is 11.5 Å². The zero-order chi connectivity index (χ0) is 22.2. The van der Waals surface area contributed by atoms with Crippen LogP contribution in [0.5, 0.6) is 0 Å². The van der Waals surface area contributed by atoms with Crippen LogP contribution in [-0.2, 0) is 18.5 Å². The van der Waals surface area contributed by atoms with Gasteiger partial charge in [0.15, 0.2) is 18.1 Å². The minimum absolute atomic E-state index is 0.195. The summed E-state index contributed by atoms with van der Waals surface area (Å²) in [7, 11) is 1.60. The molecule has 1 fully saturated rings. The predicted molar refractivity (Wildman–Crippen MR) is 123 cm³/mol. The van der Waals surface area contributed by atoms with Crippen LogP contribution in [0, 0.1) is 5.92 Å². The van der Waals surface area contributed by atoms with Gasteiger partial charge in [-0.05, 0) is 24.5 Å². The maximum absolute atomic E-state index is 11.6. The topological polar surface area (TPSA) is 94.5 Å². The molecule has 0 radical (unpaired) electrons. The molecule has 0 atom stereocenters. The van der Waals surface area contributed by atoms with Gasteiger partial charge >= 0.3 is 5.76 Å². The Morgan fingerprint density at radius 3 is 2.69 bits per heavy atom. The number of nitrogens with zero attached hydrogens (tertiary/aromatic N) is 4. The van der Waals surface area contributed by atoms with Gasteiger partial charge in [0.1, 0.15) is 5.82 Å². The molecule has 2 aromatic heterocycles. The molecule has 8 heteroatoms. The molecule has 0 unspecified atom stereocenters. The summed E-state index contributed by atoms with van der Waals surface area (Å²) in [5.41, 5.74) is 1.95. The number of pyridine rings is 1. The van der Waals surface area contributed by atoms with Crippen molar-refractivity contribution in [1.29, 1.82) is 0 Å². The molecule has 0 saturated heterocycles. The average molecular weight is 436 g/mol. The average Bonchev–Trinajstić information content (AvgIpc) is 3.16. The number of oxime groups is 1. The lowest BCUT2D eigenvalue weighted by molar-refractivity contribution is 0.128. The number of benzene rings is 1. The Labute approximate surface area is 187 Å². The van der Waals surface area contributed by atoms with Gasteiger partial charge < -0.3 is 14.7 Å². The lowest BCUT2D eigenvalue weighted by atomic mass is 9.87. The van der Waals surface area contributed by atoms with E-state index in [1.54, 1.807) is 7.05 Å². The Morgan fingerprint density at radius 1 is 1.12 bits per heavy atom. The molecule has 3 aromatic rings. The molecule has 0 aliphatic heterocycles. The molecule has 0 bridgehead atoms. The fourth-order valence-electron chi connectivity index (χ4n) is 4.06. The van der Waals surface area contributed by atoms with Gasteiger partial charge in [0.2, 0.25) is 0 Å². The van der Waals surface area contributed by atoms with Crippen molar-refractivity contribution < 1.29 is 9.36 Å². The van der Waals surface area contributed by atoms with Gasteiger partial charge in [-0.2, -0.15) is 9.72 Å². The van der Waals surface area contributed by atoms with Gasteiger partial charge in [-0.25, -0.2) is 9.78 Å². The zero-order valence-electron chi connectivity index (χ0n) is 18.4. The molecule has 32 heavy (non-hydrogen) atoms. The molecule has 1 saturated carbocycles. The van der Waals surface area contributed by atoms with Gasteiger partial charge in [0.05, 0.1) is 5.69 Å². The van der Waals surface area contributed by atoms with E-state index >= 15 is 0 Å². The van der Waals surface area contributed by atoms with Crippen molar-refractivity contribution in [3.8, 4) is 0 Å². The van der Waals surface area contributed by atoms with Gasteiger partial charge in [0, 0.05) is 19.2 Å². The maximum Gasteiger partial charge on any atom is 0.460 e. The number of aromatic nitrogens is 3.